The Hall–Kier alpha value is -1.51. The molecule has 0 aromatic heterocycles. The monoisotopic (exact) mass is 370 g/mol. The van der Waals surface area contributed by atoms with Crippen molar-refractivity contribution < 1.29 is 27.9 Å². The first-order valence-corrected chi connectivity index (χ1v) is 7.06. The molecule has 0 spiro atoms. The molecule has 0 saturated carbocycles. The maximum absolute atomic E-state index is 13.3. The van der Waals surface area contributed by atoms with Crippen molar-refractivity contribution in [2.75, 3.05) is 0 Å². The Kier molecular flexibility index (Phi) is 4.53. The SMILES string of the molecule is CC(=O)C1C(c2cccc(Cl)c2Cl)NC(=O)NC1(O)C(F)(F)F. The number of halogens is 5. The Morgan fingerprint density at radius 3 is 2.48 bits per heavy atom. The van der Waals surface area contributed by atoms with Gasteiger partial charge in [0.2, 0.25) is 5.72 Å². The van der Waals surface area contributed by atoms with Gasteiger partial charge in [-0.15, -0.1) is 0 Å². The fourth-order valence-corrected chi connectivity index (χ4v) is 2.97. The minimum absolute atomic E-state index is 0.00288. The predicted octanol–water partition coefficient (Wildman–Crippen LogP) is 2.80. The lowest BCUT2D eigenvalue weighted by Gasteiger charge is -2.44. The molecule has 3 N–H and O–H groups in total. The van der Waals surface area contributed by atoms with Crippen LogP contribution in [0.25, 0.3) is 0 Å². The Balaban J connectivity index is 2.63. The van der Waals surface area contributed by atoms with Gasteiger partial charge in [-0.25, -0.2) is 4.79 Å². The van der Waals surface area contributed by atoms with Crippen molar-refractivity contribution in [2.45, 2.75) is 24.9 Å². The molecular weight excluding hydrogens is 360 g/mol. The molecular formula is C13H11Cl2F3N2O3. The summed E-state index contributed by atoms with van der Waals surface area (Å²) in [5.41, 5.74) is -3.73. The lowest BCUT2D eigenvalue weighted by atomic mass is 9.79. The number of benzene rings is 1. The lowest BCUT2D eigenvalue weighted by Crippen LogP contribution is -2.72. The number of carbonyl (C=O) groups excluding carboxylic acids is 2. The van der Waals surface area contributed by atoms with Gasteiger partial charge in [0, 0.05) is 0 Å². The molecule has 3 unspecified atom stereocenters. The molecule has 0 aliphatic carbocycles. The normalized spacial score (nSPS) is 28.0. The van der Waals surface area contributed by atoms with Crippen LogP contribution in [-0.2, 0) is 4.79 Å². The van der Waals surface area contributed by atoms with Gasteiger partial charge < -0.3 is 15.7 Å². The van der Waals surface area contributed by atoms with Crippen LogP contribution in [0.1, 0.15) is 18.5 Å². The number of ketones is 1. The Labute approximate surface area is 138 Å². The average molecular weight is 371 g/mol. The van der Waals surface area contributed by atoms with Crippen molar-refractivity contribution in [1.82, 2.24) is 10.6 Å². The second-order valence-corrected chi connectivity index (χ2v) is 5.86. The first kappa shape index (κ1) is 17.8. The first-order chi connectivity index (χ1) is 10.5. The van der Waals surface area contributed by atoms with E-state index in [4.69, 9.17) is 23.2 Å². The summed E-state index contributed by atoms with van der Waals surface area (Å²) in [4.78, 5) is 23.4. The maximum atomic E-state index is 13.3. The molecule has 1 aromatic rings. The molecule has 2 amide bonds. The largest absolute Gasteiger partial charge is 0.437 e. The fourth-order valence-electron chi connectivity index (χ4n) is 2.55. The fraction of sp³-hybridized carbons (Fsp3) is 0.385. The van der Waals surface area contributed by atoms with Crippen LogP contribution < -0.4 is 10.6 Å². The zero-order chi connectivity index (χ0) is 17.6. The van der Waals surface area contributed by atoms with Gasteiger partial charge in [-0.1, -0.05) is 35.3 Å². The summed E-state index contributed by atoms with van der Waals surface area (Å²) in [6.45, 7) is 0.881. The van der Waals surface area contributed by atoms with Gasteiger partial charge in [0.25, 0.3) is 0 Å². The Morgan fingerprint density at radius 1 is 1.35 bits per heavy atom. The minimum Gasteiger partial charge on any atom is -0.363 e. The number of hydrogen-bond donors (Lipinski definition) is 3. The van der Waals surface area contributed by atoms with Crippen LogP contribution in [0, 0.1) is 5.92 Å². The number of rotatable bonds is 2. The molecule has 0 bridgehead atoms. The number of amides is 2. The van der Waals surface area contributed by atoms with E-state index in [2.05, 4.69) is 5.32 Å². The van der Waals surface area contributed by atoms with Crippen LogP contribution in [0.5, 0.6) is 0 Å². The molecule has 1 heterocycles. The van der Waals surface area contributed by atoms with Gasteiger partial charge in [0.1, 0.15) is 5.78 Å². The predicted molar refractivity (Wildman–Crippen MR) is 76.0 cm³/mol. The van der Waals surface area contributed by atoms with E-state index in [-0.39, 0.29) is 15.6 Å². The topological polar surface area (TPSA) is 78.4 Å². The molecule has 126 valence electrons. The number of urea groups is 1. The maximum Gasteiger partial charge on any atom is 0.437 e. The standard InChI is InChI=1S/C13H11Cl2F3N2O3/c1-5(21)8-10(6-3-2-4-7(14)9(6)15)19-11(22)20-12(8,23)13(16,17)18/h2-4,8,10,23H,1H3,(H2,19,20,22). The molecule has 1 aliphatic heterocycles. The molecule has 0 radical (unpaired) electrons. The van der Waals surface area contributed by atoms with Crippen molar-refractivity contribution in [3.63, 3.8) is 0 Å². The van der Waals surface area contributed by atoms with E-state index in [1.165, 1.54) is 23.5 Å². The Bertz CT molecular complexity index is 668. The van der Waals surface area contributed by atoms with Gasteiger partial charge in [-0.2, -0.15) is 13.2 Å². The third kappa shape index (κ3) is 2.98. The summed E-state index contributed by atoms with van der Waals surface area (Å²) >= 11 is 11.8. The highest BCUT2D eigenvalue weighted by atomic mass is 35.5. The van der Waals surface area contributed by atoms with Gasteiger partial charge in [0.05, 0.1) is 22.0 Å². The van der Waals surface area contributed by atoms with E-state index < -0.39 is 35.7 Å². The lowest BCUT2D eigenvalue weighted by molar-refractivity contribution is -0.290. The van der Waals surface area contributed by atoms with Gasteiger partial charge in [0.15, 0.2) is 0 Å². The van der Waals surface area contributed by atoms with Crippen LogP contribution >= 0.6 is 23.2 Å². The van der Waals surface area contributed by atoms with E-state index in [9.17, 15) is 27.9 Å². The summed E-state index contributed by atoms with van der Waals surface area (Å²) in [5, 5.41) is 13.5. The Morgan fingerprint density at radius 2 is 1.96 bits per heavy atom. The average Bonchev–Trinajstić information content (AvgIpc) is 2.39. The number of nitrogens with one attached hydrogen (secondary N) is 2. The van der Waals surface area contributed by atoms with Crippen molar-refractivity contribution in [3.8, 4) is 0 Å². The minimum atomic E-state index is -5.27. The van der Waals surface area contributed by atoms with E-state index in [0.717, 1.165) is 6.92 Å². The van der Waals surface area contributed by atoms with Crippen LogP contribution in [0.2, 0.25) is 10.0 Å². The first-order valence-electron chi connectivity index (χ1n) is 6.31. The summed E-state index contributed by atoms with van der Waals surface area (Å²) < 4.78 is 39.8. The molecule has 5 nitrogen and oxygen atoms in total. The summed E-state index contributed by atoms with van der Waals surface area (Å²) in [6.07, 6.45) is -5.27. The highest BCUT2D eigenvalue weighted by Gasteiger charge is 2.65. The van der Waals surface area contributed by atoms with E-state index in [1.807, 2.05) is 0 Å². The van der Waals surface area contributed by atoms with Crippen molar-refractivity contribution in [3.05, 3.63) is 33.8 Å². The molecule has 1 aromatic carbocycles. The number of Topliss-reactive ketones (excluding diaryl/α,β-unsaturated/α-hetero) is 1. The van der Waals surface area contributed by atoms with Crippen LogP contribution in [-0.4, -0.2) is 28.8 Å². The zero-order valence-corrected chi connectivity index (χ0v) is 13.1. The molecule has 1 fully saturated rings. The number of hydrogen-bond acceptors (Lipinski definition) is 3. The van der Waals surface area contributed by atoms with Crippen LogP contribution in [0.4, 0.5) is 18.0 Å². The highest BCUT2D eigenvalue weighted by Crippen LogP contribution is 2.44. The van der Waals surface area contributed by atoms with Crippen LogP contribution in [0.15, 0.2) is 18.2 Å². The van der Waals surface area contributed by atoms with Gasteiger partial charge in [-0.3, -0.25) is 4.79 Å². The van der Waals surface area contributed by atoms with E-state index in [1.54, 1.807) is 0 Å². The third-order valence-corrected chi connectivity index (χ3v) is 4.39. The summed E-state index contributed by atoms with van der Waals surface area (Å²) in [6, 6.07) is 1.33. The number of alkyl halides is 3. The second-order valence-electron chi connectivity index (χ2n) is 5.07. The van der Waals surface area contributed by atoms with Crippen LogP contribution in [0.3, 0.4) is 0 Å². The van der Waals surface area contributed by atoms with E-state index in [0.29, 0.717) is 0 Å². The second kappa shape index (κ2) is 5.85. The molecule has 1 aliphatic rings. The highest BCUT2D eigenvalue weighted by molar-refractivity contribution is 6.42. The van der Waals surface area contributed by atoms with Crippen molar-refractivity contribution in [1.29, 1.82) is 0 Å². The quantitative estimate of drug-likeness (QED) is 0.748. The molecule has 2 rings (SSSR count). The smallest absolute Gasteiger partial charge is 0.363 e. The van der Waals surface area contributed by atoms with Gasteiger partial charge >= 0.3 is 12.2 Å². The van der Waals surface area contributed by atoms with Gasteiger partial charge in [-0.05, 0) is 18.6 Å². The number of carbonyl (C=O) groups is 2. The number of aliphatic hydroxyl groups is 1. The van der Waals surface area contributed by atoms with Crippen molar-refractivity contribution in [2.24, 2.45) is 5.92 Å². The molecule has 3 atom stereocenters. The zero-order valence-electron chi connectivity index (χ0n) is 11.5. The van der Waals surface area contributed by atoms with E-state index >= 15 is 0 Å². The summed E-state index contributed by atoms with van der Waals surface area (Å²) in [7, 11) is 0. The summed E-state index contributed by atoms with van der Waals surface area (Å²) in [5.74, 6) is -3.03. The molecule has 1 saturated heterocycles. The molecule has 10 heteroatoms. The van der Waals surface area contributed by atoms with Crippen molar-refractivity contribution >= 4 is 35.0 Å². The molecule has 23 heavy (non-hydrogen) atoms. The third-order valence-electron chi connectivity index (χ3n) is 3.56.